The molecule has 0 unspecified atom stereocenters. The Bertz CT molecular complexity index is 6810. The van der Waals surface area contributed by atoms with E-state index in [2.05, 4.69) is 4.85 Å². The Hall–Kier alpha value is -16.5. The predicted molar refractivity (Wildman–Crippen MR) is 455 cm³/mol. The lowest BCUT2D eigenvalue weighted by molar-refractivity contribution is -0.137. The van der Waals surface area contributed by atoms with Gasteiger partial charge < -0.3 is 9.13 Å². The average Bonchev–Trinajstić information content (AvgIpc) is 1.54. The summed E-state index contributed by atoms with van der Waals surface area (Å²) in [5.74, 6) is 4.69. The third-order valence-electron chi connectivity index (χ3n) is 20.8. The van der Waals surface area contributed by atoms with Crippen LogP contribution in [0.25, 0.3) is 208 Å². The van der Waals surface area contributed by atoms with Crippen LogP contribution >= 0.6 is 0 Å². The first-order valence-corrected chi connectivity index (χ1v) is 37.8. The van der Waals surface area contributed by atoms with Crippen LogP contribution in [0.4, 0.5) is 18.9 Å². The van der Waals surface area contributed by atoms with Crippen LogP contribution in [0.3, 0.4) is 0 Å². The molecule has 0 saturated carbocycles. The molecule has 6 aromatic heterocycles. The fraction of sp³-hybridized carbons (Fsp3) is 0.0101. The van der Waals surface area contributed by atoms with Crippen molar-refractivity contribution >= 4 is 49.3 Å². The zero-order valence-corrected chi connectivity index (χ0v) is 62.2. The third-order valence-corrected chi connectivity index (χ3v) is 20.8. The Kier molecular flexibility index (Phi) is 17.7. The normalized spacial score (nSPS) is 11.5. The van der Waals surface area contributed by atoms with E-state index in [0.29, 0.717) is 131 Å². The lowest BCUT2D eigenvalue weighted by Gasteiger charge is -2.21. The summed E-state index contributed by atoms with van der Waals surface area (Å²) >= 11 is 0. The predicted octanol–water partition coefficient (Wildman–Crippen LogP) is 23.7. The minimum Gasteiger partial charge on any atom is -0.319 e. The van der Waals surface area contributed by atoms with Crippen molar-refractivity contribution in [3.8, 4) is 165 Å². The minimum absolute atomic E-state index is 0.00146. The molecule has 20 rings (SSSR count). The largest absolute Gasteiger partial charge is 0.416 e. The molecular weight excluding hydrogens is 1470 g/mol. The van der Waals surface area contributed by atoms with Gasteiger partial charge in [-0.3, -0.25) is 0 Å². The maximum absolute atomic E-state index is 15.8. The maximum atomic E-state index is 15.8. The van der Waals surface area contributed by atoms with E-state index in [9.17, 15) is 11.8 Å². The number of nitrogens with zero attached hydrogens (tertiary/aromatic N) is 16. The second-order valence-corrected chi connectivity index (χ2v) is 28.1. The zero-order valence-electron chi connectivity index (χ0n) is 62.2. The van der Waals surface area contributed by atoms with Crippen LogP contribution < -0.4 is 0 Å². The summed E-state index contributed by atoms with van der Waals surface area (Å²) < 4.78 is 51.2. The lowest BCUT2D eigenvalue weighted by Crippen LogP contribution is -2.07. The van der Waals surface area contributed by atoms with Crippen molar-refractivity contribution in [2.45, 2.75) is 6.18 Å². The van der Waals surface area contributed by atoms with E-state index in [0.717, 1.165) is 67.4 Å². The summed E-state index contributed by atoms with van der Waals surface area (Å²) in [6, 6.07) is 110. The van der Waals surface area contributed by atoms with E-state index < -0.39 is 11.7 Å². The molecule has 554 valence electrons. The number of hydrogen-bond acceptors (Lipinski definition) is 13. The van der Waals surface area contributed by atoms with Crippen LogP contribution in [0.1, 0.15) is 11.1 Å². The number of halogens is 3. The van der Waals surface area contributed by atoms with Crippen LogP contribution in [-0.2, 0) is 6.18 Å². The highest BCUT2D eigenvalue weighted by Crippen LogP contribution is 2.49. The van der Waals surface area contributed by atoms with Gasteiger partial charge >= 0.3 is 6.18 Å². The first-order valence-electron chi connectivity index (χ1n) is 37.8. The molecular formula is C99H57F3N16. The molecule has 19 heteroatoms. The summed E-state index contributed by atoms with van der Waals surface area (Å²) in [6.45, 7) is 10.0. The van der Waals surface area contributed by atoms with Crippen LogP contribution in [0.15, 0.2) is 346 Å². The van der Waals surface area contributed by atoms with Gasteiger partial charge in [0.2, 0.25) is 5.69 Å². The molecule has 6 heterocycles. The van der Waals surface area contributed by atoms with Crippen LogP contribution in [0.2, 0.25) is 0 Å². The summed E-state index contributed by atoms with van der Waals surface area (Å²) in [5.41, 5.74) is 9.75. The third kappa shape index (κ3) is 13.2. The van der Waals surface area contributed by atoms with Gasteiger partial charge in [-0.05, 0) is 59.7 Å². The highest BCUT2D eigenvalue weighted by Gasteiger charge is 2.34. The number of hydrogen-bond donors (Lipinski definition) is 0. The fourth-order valence-electron chi connectivity index (χ4n) is 15.2. The first-order chi connectivity index (χ1) is 58.0. The van der Waals surface area contributed by atoms with Crippen LogP contribution in [-0.4, -0.2) is 68.9 Å². The van der Waals surface area contributed by atoms with Crippen molar-refractivity contribution in [1.29, 1.82) is 5.26 Å². The monoisotopic (exact) mass is 1530 g/mol. The van der Waals surface area contributed by atoms with Crippen molar-refractivity contribution in [2.24, 2.45) is 0 Å². The Morgan fingerprint density at radius 2 is 0.508 bits per heavy atom. The molecule has 0 aliphatic carbocycles. The highest BCUT2D eigenvalue weighted by molar-refractivity contribution is 6.14. The molecule has 0 atom stereocenters. The van der Waals surface area contributed by atoms with Gasteiger partial charge in [0.05, 0.1) is 57.2 Å². The summed E-state index contributed by atoms with van der Waals surface area (Å²) in [4.78, 5) is 66.5. The topological polar surface area (TPSA) is 193 Å². The van der Waals surface area contributed by atoms with Gasteiger partial charge in [0.15, 0.2) is 69.9 Å². The van der Waals surface area contributed by atoms with Crippen molar-refractivity contribution < 1.29 is 13.2 Å². The van der Waals surface area contributed by atoms with Crippen molar-refractivity contribution in [3.63, 3.8) is 0 Å². The summed E-state index contributed by atoms with van der Waals surface area (Å²) in [5, 5.41) is 13.7. The van der Waals surface area contributed by atoms with Gasteiger partial charge in [0.1, 0.15) is 0 Å². The Morgan fingerprint density at radius 1 is 0.263 bits per heavy atom. The second-order valence-electron chi connectivity index (χ2n) is 28.1. The molecule has 0 fully saturated rings. The molecule has 0 N–H and O–H groups in total. The smallest absolute Gasteiger partial charge is 0.319 e. The van der Waals surface area contributed by atoms with Gasteiger partial charge in [-0.15, -0.1) is 0 Å². The van der Waals surface area contributed by atoms with Crippen LogP contribution in [0, 0.1) is 17.9 Å². The van der Waals surface area contributed by atoms with E-state index in [4.69, 9.17) is 59.8 Å². The minimum atomic E-state index is -4.92. The first kappa shape index (κ1) is 70.6. The number of nitriles is 1. The maximum Gasteiger partial charge on any atom is 0.416 e. The molecule has 0 radical (unpaired) electrons. The van der Waals surface area contributed by atoms with Crippen molar-refractivity contribution in [1.82, 2.24) is 68.9 Å². The number of fused-ring (bicyclic) bond motifs is 6. The highest BCUT2D eigenvalue weighted by atomic mass is 19.4. The molecule has 0 spiro atoms. The number of rotatable bonds is 15. The van der Waals surface area contributed by atoms with Gasteiger partial charge in [-0.1, -0.05) is 297 Å². The quantitative estimate of drug-likeness (QED) is 0.0881. The summed E-state index contributed by atoms with van der Waals surface area (Å²) in [6.07, 6.45) is -4.92. The van der Waals surface area contributed by atoms with Gasteiger partial charge in [0.25, 0.3) is 0 Å². The summed E-state index contributed by atoms with van der Waals surface area (Å²) in [7, 11) is 0. The second kappa shape index (κ2) is 29.5. The number of alkyl halides is 3. The molecule has 0 aliphatic rings. The zero-order chi connectivity index (χ0) is 79.4. The van der Waals surface area contributed by atoms with Crippen molar-refractivity contribution in [3.05, 3.63) is 368 Å². The Labute approximate surface area is 672 Å². The molecule has 0 saturated heterocycles. The standard InChI is InChI=1S/C99H57F3N16/c1-104-85-80(117-81-55-69(95-109-87(61-26-10-2-11-27-61)105-88(110-95)62-28-12-3-13-29-62)42-46-76(81)77-47-43-70(56-82(77)117)96-111-89(63-30-14-4-15-31-63)106-90(112-96)64-32-16-5-17-33-64)51-50-75(73-52-60(59-103)53-74(54-73)99(100,101)102)86(85)118-83-57-71(97-113-91(65-34-18-6-19-35-65)107-92(114-97)66-36-20-7-21-37-66)44-48-78(83)79-49-45-72(58-84(79)118)98-115-93(67-38-22-8-23-39-67)108-94(116-98)68-40-24-9-25-41-68/h2-58H. The molecule has 0 aliphatic heterocycles. The van der Waals surface area contributed by atoms with Crippen molar-refractivity contribution in [2.75, 3.05) is 0 Å². The Balaban J connectivity index is 0.913. The Morgan fingerprint density at radius 3 is 0.746 bits per heavy atom. The van der Waals surface area contributed by atoms with E-state index in [1.165, 1.54) is 6.07 Å². The van der Waals surface area contributed by atoms with Crippen LogP contribution in [0.5, 0.6) is 0 Å². The molecule has 16 nitrogen and oxygen atoms in total. The van der Waals surface area contributed by atoms with E-state index in [1.807, 2.05) is 331 Å². The van der Waals surface area contributed by atoms with E-state index in [1.54, 1.807) is 12.1 Å². The fourth-order valence-corrected chi connectivity index (χ4v) is 15.2. The SMILES string of the molecule is [C-]#[N+]c1c(-n2c3cc(-c4nc(-c5ccccc5)nc(-c5ccccc5)n4)ccc3c3ccc(-c4nc(-c5ccccc5)nc(-c5ccccc5)n4)cc32)ccc(-c2cc(C#N)cc(C(F)(F)F)c2)c1-n1c2cc(-c3nc(-c4ccccc4)nc(-c4ccccc4)n3)ccc2c2ccc(-c3nc(-c4ccccc4)nc(-c4ccccc4)n3)cc21. The van der Waals surface area contributed by atoms with E-state index in [-0.39, 0.29) is 28.1 Å². The molecule has 0 bridgehead atoms. The molecule has 20 aromatic rings. The number of benzene rings is 14. The lowest BCUT2D eigenvalue weighted by atomic mass is 9.96. The average molecular weight is 1530 g/mol. The molecule has 0 amide bonds. The van der Waals surface area contributed by atoms with E-state index >= 15 is 13.2 Å². The van der Waals surface area contributed by atoms with Gasteiger partial charge in [-0.2, -0.15) is 18.4 Å². The number of aromatic nitrogens is 14. The molecule has 118 heavy (non-hydrogen) atoms. The van der Waals surface area contributed by atoms with Gasteiger partial charge in [-0.25, -0.2) is 64.7 Å². The van der Waals surface area contributed by atoms with Gasteiger partial charge in [0, 0.05) is 88.3 Å². The molecule has 14 aromatic carbocycles.